The summed E-state index contributed by atoms with van der Waals surface area (Å²) >= 11 is 0. The number of hydrogen-bond acceptors (Lipinski definition) is 6. The van der Waals surface area contributed by atoms with Crippen molar-refractivity contribution in [1.82, 2.24) is 0 Å². The van der Waals surface area contributed by atoms with Gasteiger partial charge in [0.2, 0.25) is 0 Å². The molecule has 0 spiro atoms. The van der Waals surface area contributed by atoms with Gasteiger partial charge >= 0.3 is 30.7 Å². The van der Waals surface area contributed by atoms with Crippen molar-refractivity contribution < 1.29 is 53.7 Å². The van der Waals surface area contributed by atoms with Crippen LogP contribution in [0.5, 0.6) is 0 Å². The van der Waals surface area contributed by atoms with Crippen molar-refractivity contribution in [2.45, 2.75) is 44.6 Å². The highest BCUT2D eigenvalue weighted by atomic mass is 32.2. The molecule has 0 amide bonds. The Labute approximate surface area is 144 Å². The van der Waals surface area contributed by atoms with Crippen molar-refractivity contribution in [3.8, 4) is 0 Å². The van der Waals surface area contributed by atoms with E-state index < -0.39 is 42.6 Å². The summed E-state index contributed by atoms with van der Waals surface area (Å²) in [6.07, 6.45) is 0.500. The number of aliphatic hydroxyl groups is 2. The van der Waals surface area contributed by atoms with Crippen LogP contribution in [-0.4, -0.2) is 59.9 Å². The van der Waals surface area contributed by atoms with Crippen LogP contribution in [0, 0.1) is 11.8 Å². The minimum Gasteiger partial charge on any atom is -0.396 e. The number of aliphatic hydroxyl groups excluding tert-OH is 2. The third kappa shape index (κ3) is 10.9. The smallest absolute Gasteiger partial charge is 0.372 e. The second-order valence-electron chi connectivity index (χ2n) is 5.18. The molecule has 0 rings (SSSR count). The molecule has 0 saturated carbocycles. The van der Waals surface area contributed by atoms with Gasteiger partial charge in [-0.3, -0.25) is 9.11 Å². The molecule has 0 aromatic carbocycles. The highest BCUT2D eigenvalue weighted by Gasteiger charge is 2.47. The lowest BCUT2D eigenvalue weighted by Gasteiger charge is -2.15. The molecule has 0 fully saturated rings. The average Bonchev–Trinajstić information content (AvgIpc) is 2.38. The van der Waals surface area contributed by atoms with Crippen molar-refractivity contribution in [2.24, 2.45) is 11.8 Å². The maximum absolute atomic E-state index is 12.2. The van der Waals surface area contributed by atoms with Crippen LogP contribution in [0.1, 0.15) is 34.1 Å². The molecular weight excluding hydrogens is 400 g/mol. The fourth-order valence-corrected chi connectivity index (χ4v) is 1.86. The molecule has 0 bridgehead atoms. The van der Waals surface area contributed by atoms with Crippen molar-refractivity contribution in [2.75, 3.05) is 13.2 Å². The van der Waals surface area contributed by atoms with E-state index in [0.717, 1.165) is 27.7 Å². The van der Waals surface area contributed by atoms with E-state index in [4.69, 9.17) is 19.3 Å². The van der Waals surface area contributed by atoms with E-state index in [2.05, 4.69) is 0 Å². The lowest BCUT2D eigenvalue weighted by atomic mass is 10.2. The van der Waals surface area contributed by atoms with E-state index in [1.807, 2.05) is 0 Å². The van der Waals surface area contributed by atoms with Crippen molar-refractivity contribution in [1.29, 1.82) is 0 Å². The van der Waals surface area contributed by atoms with E-state index in [-0.39, 0.29) is 13.2 Å². The average molecular weight is 424 g/mol. The predicted octanol–water partition coefficient (Wildman–Crippen LogP) is 1.61. The van der Waals surface area contributed by atoms with Gasteiger partial charge in [0.25, 0.3) is 0 Å². The molecule has 0 aliphatic heterocycles. The normalized spacial score (nSPS) is 13.0. The molecule has 156 valence electrons. The van der Waals surface area contributed by atoms with E-state index in [0.29, 0.717) is 6.42 Å². The van der Waals surface area contributed by atoms with Gasteiger partial charge in [-0.25, -0.2) is 0 Å². The number of rotatable bonds is 6. The van der Waals surface area contributed by atoms with Crippen LogP contribution in [-0.2, 0) is 20.2 Å². The van der Waals surface area contributed by atoms with Crippen LogP contribution in [0.2, 0.25) is 0 Å². The molecule has 0 unspecified atom stereocenters. The number of alkyl halides is 4. The van der Waals surface area contributed by atoms with Crippen LogP contribution in [0.15, 0.2) is 0 Å². The lowest BCUT2D eigenvalue weighted by Crippen LogP contribution is -2.33. The highest BCUT2D eigenvalue weighted by Crippen LogP contribution is 2.29. The summed E-state index contributed by atoms with van der Waals surface area (Å²) in [5.74, 6) is -2.83. The van der Waals surface area contributed by atoms with Gasteiger partial charge in [-0.15, -0.1) is 0 Å². The Bertz CT molecular complexity index is 509. The Kier molecular flexibility index (Phi) is 13.1. The first kappa shape index (κ1) is 29.2. The van der Waals surface area contributed by atoms with Gasteiger partial charge in [-0.1, -0.05) is 27.7 Å². The monoisotopic (exact) mass is 424 g/mol. The predicted molar refractivity (Wildman–Crippen MR) is 81.5 cm³/mol. The summed E-state index contributed by atoms with van der Waals surface area (Å²) < 4.78 is 104. The van der Waals surface area contributed by atoms with Crippen LogP contribution in [0.3, 0.4) is 0 Å². The summed E-state index contributed by atoms with van der Waals surface area (Å²) in [6, 6.07) is 0. The van der Waals surface area contributed by atoms with E-state index in [1.165, 1.54) is 0 Å². The van der Waals surface area contributed by atoms with E-state index in [9.17, 15) is 34.4 Å². The van der Waals surface area contributed by atoms with E-state index >= 15 is 0 Å². The van der Waals surface area contributed by atoms with Crippen LogP contribution in [0.4, 0.5) is 17.6 Å². The summed E-state index contributed by atoms with van der Waals surface area (Å²) in [5, 5.41) is 7.74. The zero-order valence-corrected chi connectivity index (χ0v) is 15.7. The van der Waals surface area contributed by atoms with E-state index in [1.54, 1.807) is 0 Å². The summed E-state index contributed by atoms with van der Waals surface area (Å²) in [7, 11) is -10.5. The largest absolute Gasteiger partial charge is 0.396 e. The molecule has 0 aliphatic rings. The topological polar surface area (TPSA) is 149 Å². The Morgan fingerprint density at radius 1 is 0.720 bits per heavy atom. The first-order chi connectivity index (χ1) is 10.8. The van der Waals surface area contributed by atoms with Gasteiger partial charge in [-0.2, -0.15) is 34.4 Å². The first-order valence-electron chi connectivity index (χ1n) is 6.72. The SMILES string of the molecule is CC(C)C(F)(F)S(=O)(=O)O.CC(C)C(F)(F)S(=O)(=O)O.OCCCO. The Balaban J connectivity index is -0.000000308. The molecule has 0 radical (unpaired) electrons. The Hall–Kier alpha value is -0.540. The molecule has 0 heterocycles. The minimum atomic E-state index is -5.23. The molecule has 4 N–H and O–H groups in total. The third-order valence-corrected chi connectivity index (χ3v) is 4.67. The first-order valence-corrected chi connectivity index (χ1v) is 9.60. The maximum atomic E-state index is 12.2. The fourth-order valence-electron chi connectivity index (χ4n) is 0.666. The van der Waals surface area contributed by atoms with Crippen LogP contribution in [0.25, 0.3) is 0 Å². The molecule has 25 heavy (non-hydrogen) atoms. The maximum Gasteiger partial charge on any atom is 0.372 e. The lowest BCUT2D eigenvalue weighted by molar-refractivity contribution is 0.0330. The molecule has 8 nitrogen and oxygen atoms in total. The Morgan fingerprint density at radius 2 is 0.920 bits per heavy atom. The summed E-state index contributed by atoms with van der Waals surface area (Å²) in [4.78, 5) is 0. The summed E-state index contributed by atoms with van der Waals surface area (Å²) in [6.45, 7) is 4.22. The minimum absolute atomic E-state index is 0.0938. The highest BCUT2D eigenvalue weighted by molar-refractivity contribution is 7.87. The van der Waals surface area contributed by atoms with Crippen LogP contribution < -0.4 is 0 Å². The molecule has 0 aliphatic carbocycles. The van der Waals surface area contributed by atoms with Gasteiger partial charge in [0.05, 0.1) is 0 Å². The second kappa shape index (κ2) is 11.2. The molecule has 14 heteroatoms. The van der Waals surface area contributed by atoms with Gasteiger partial charge in [0.15, 0.2) is 0 Å². The number of halogens is 4. The van der Waals surface area contributed by atoms with Crippen LogP contribution >= 0.6 is 0 Å². The molecular formula is C11H24F4O8S2. The van der Waals surface area contributed by atoms with Crippen molar-refractivity contribution >= 4 is 20.2 Å². The van der Waals surface area contributed by atoms with Gasteiger partial charge in [0.1, 0.15) is 0 Å². The van der Waals surface area contributed by atoms with Gasteiger partial charge in [-0.05, 0) is 6.42 Å². The molecule has 0 aromatic heterocycles. The fraction of sp³-hybridized carbons (Fsp3) is 1.00. The molecule has 0 atom stereocenters. The number of hydrogen-bond donors (Lipinski definition) is 4. The Morgan fingerprint density at radius 3 is 0.920 bits per heavy atom. The standard InChI is InChI=1S/2C4H8F2O3S.C3H8O2/c2*1-3(2)4(5,6)10(7,8)9;4-2-1-3-5/h2*3H,1-2H3,(H,7,8,9);4-5H,1-3H2. The van der Waals surface area contributed by atoms with Crippen molar-refractivity contribution in [3.05, 3.63) is 0 Å². The zero-order chi connectivity index (χ0) is 21.3. The third-order valence-electron chi connectivity index (χ3n) is 2.35. The molecule has 0 saturated heterocycles. The van der Waals surface area contributed by atoms with Gasteiger partial charge in [0, 0.05) is 25.0 Å². The van der Waals surface area contributed by atoms with Crippen molar-refractivity contribution in [3.63, 3.8) is 0 Å². The quantitative estimate of drug-likeness (QED) is 0.371. The second-order valence-corrected chi connectivity index (χ2v) is 8.17. The molecule has 0 aromatic rings. The zero-order valence-electron chi connectivity index (χ0n) is 14.0. The summed E-state index contributed by atoms with van der Waals surface area (Å²) in [5.41, 5.74) is 0. The van der Waals surface area contributed by atoms with Gasteiger partial charge < -0.3 is 10.2 Å².